The van der Waals surface area contributed by atoms with Crippen molar-refractivity contribution in [2.75, 3.05) is 5.32 Å². The van der Waals surface area contributed by atoms with Crippen molar-refractivity contribution in [2.24, 2.45) is 0 Å². The lowest BCUT2D eigenvalue weighted by Crippen LogP contribution is -2.25. The maximum atomic E-state index is 12.5. The second-order valence-electron chi connectivity index (χ2n) is 5.82. The third-order valence-corrected chi connectivity index (χ3v) is 4.67. The standard InChI is InChI=1S/C17H20N6OS/c1-12(2)23-15(9-10-19-23)20-16(24)13(3)25-17-21-18-11-22(17)14-7-5-4-6-8-14/h4-13H,1-3H3,(H,20,24)/t13-/m1/s1. The van der Waals surface area contributed by atoms with Gasteiger partial charge in [-0.15, -0.1) is 10.2 Å². The Labute approximate surface area is 150 Å². The predicted molar refractivity (Wildman–Crippen MR) is 97.9 cm³/mol. The molecule has 1 amide bonds. The van der Waals surface area contributed by atoms with Crippen molar-refractivity contribution in [3.63, 3.8) is 0 Å². The number of amides is 1. The molecule has 0 radical (unpaired) electrons. The van der Waals surface area contributed by atoms with Gasteiger partial charge in [-0.3, -0.25) is 9.36 Å². The molecule has 25 heavy (non-hydrogen) atoms. The highest BCUT2D eigenvalue weighted by molar-refractivity contribution is 8.00. The van der Waals surface area contributed by atoms with E-state index in [0.29, 0.717) is 11.0 Å². The summed E-state index contributed by atoms with van der Waals surface area (Å²) in [6.07, 6.45) is 3.33. The van der Waals surface area contributed by atoms with Gasteiger partial charge in [0.05, 0.1) is 11.4 Å². The summed E-state index contributed by atoms with van der Waals surface area (Å²) in [6, 6.07) is 11.8. The minimum Gasteiger partial charge on any atom is -0.310 e. The van der Waals surface area contributed by atoms with Gasteiger partial charge in [0.15, 0.2) is 5.16 Å². The van der Waals surface area contributed by atoms with Crippen LogP contribution in [-0.2, 0) is 4.79 Å². The highest BCUT2D eigenvalue weighted by atomic mass is 32.2. The first-order chi connectivity index (χ1) is 12.1. The first-order valence-corrected chi connectivity index (χ1v) is 8.90. The fourth-order valence-electron chi connectivity index (χ4n) is 2.33. The molecule has 2 aromatic heterocycles. The number of carbonyl (C=O) groups is 1. The summed E-state index contributed by atoms with van der Waals surface area (Å²) in [4.78, 5) is 12.5. The van der Waals surface area contributed by atoms with E-state index in [2.05, 4.69) is 20.6 Å². The smallest absolute Gasteiger partial charge is 0.238 e. The lowest BCUT2D eigenvalue weighted by Gasteiger charge is -2.15. The monoisotopic (exact) mass is 356 g/mol. The molecule has 3 aromatic rings. The van der Waals surface area contributed by atoms with E-state index in [9.17, 15) is 4.79 Å². The number of anilines is 1. The molecule has 0 saturated carbocycles. The molecule has 0 fully saturated rings. The summed E-state index contributed by atoms with van der Waals surface area (Å²) in [5.74, 6) is 0.590. The van der Waals surface area contributed by atoms with Crippen molar-refractivity contribution in [3.05, 3.63) is 48.9 Å². The zero-order valence-electron chi connectivity index (χ0n) is 14.3. The molecule has 0 aliphatic heterocycles. The van der Waals surface area contributed by atoms with Crippen LogP contribution in [0.25, 0.3) is 5.69 Å². The zero-order chi connectivity index (χ0) is 17.8. The molecule has 0 bridgehead atoms. The SMILES string of the molecule is CC(C)n1nccc1NC(=O)[C@@H](C)Sc1nncn1-c1ccccc1. The van der Waals surface area contributed by atoms with Gasteiger partial charge in [0.2, 0.25) is 5.91 Å². The Hall–Kier alpha value is -2.61. The van der Waals surface area contributed by atoms with E-state index in [-0.39, 0.29) is 17.2 Å². The molecule has 0 aliphatic carbocycles. The van der Waals surface area contributed by atoms with E-state index in [4.69, 9.17) is 0 Å². The number of benzene rings is 1. The molecule has 2 heterocycles. The van der Waals surface area contributed by atoms with Crippen LogP contribution in [0.15, 0.2) is 54.1 Å². The number of thioether (sulfide) groups is 1. The molecule has 0 saturated heterocycles. The van der Waals surface area contributed by atoms with Gasteiger partial charge in [-0.05, 0) is 32.9 Å². The normalized spacial score (nSPS) is 12.3. The van der Waals surface area contributed by atoms with E-state index in [0.717, 1.165) is 5.69 Å². The van der Waals surface area contributed by atoms with Crippen LogP contribution in [-0.4, -0.2) is 35.7 Å². The summed E-state index contributed by atoms with van der Waals surface area (Å²) in [6.45, 7) is 5.88. The topological polar surface area (TPSA) is 77.6 Å². The Balaban J connectivity index is 1.71. The lowest BCUT2D eigenvalue weighted by molar-refractivity contribution is -0.115. The van der Waals surface area contributed by atoms with Crippen molar-refractivity contribution in [1.82, 2.24) is 24.5 Å². The van der Waals surface area contributed by atoms with E-state index < -0.39 is 0 Å². The lowest BCUT2D eigenvalue weighted by atomic mass is 10.3. The quantitative estimate of drug-likeness (QED) is 0.687. The van der Waals surface area contributed by atoms with Crippen LogP contribution in [0.2, 0.25) is 0 Å². The van der Waals surface area contributed by atoms with Crippen LogP contribution < -0.4 is 5.32 Å². The van der Waals surface area contributed by atoms with Gasteiger partial charge in [0, 0.05) is 17.8 Å². The second-order valence-corrected chi connectivity index (χ2v) is 7.13. The van der Waals surface area contributed by atoms with Crippen molar-refractivity contribution in [3.8, 4) is 5.69 Å². The van der Waals surface area contributed by atoms with Gasteiger partial charge in [-0.25, -0.2) is 4.68 Å². The second kappa shape index (κ2) is 7.52. The minimum atomic E-state index is -0.331. The summed E-state index contributed by atoms with van der Waals surface area (Å²) >= 11 is 1.36. The molecular weight excluding hydrogens is 336 g/mol. The molecule has 0 aliphatic rings. The van der Waals surface area contributed by atoms with Crippen LogP contribution >= 0.6 is 11.8 Å². The van der Waals surface area contributed by atoms with E-state index in [1.807, 2.05) is 55.7 Å². The summed E-state index contributed by atoms with van der Waals surface area (Å²) in [7, 11) is 0. The molecule has 1 N–H and O–H groups in total. The van der Waals surface area contributed by atoms with Crippen LogP contribution in [0.4, 0.5) is 5.82 Å². The maximum absolute atomic E-state index is 12.5. The Kier molecular flexibility index (Phi) is 5.18. The van der Waals surface area contributed by atoms with E-state index >= 15 is 0 Å². The third-order valence-electron chi connectivity index (χ3n) is 3.61. The van der Waals surface area contributed by atoms with Crippen LogP contribution in [0, 0.1) is 0 Å². The number of hydrogen-bond acceptors (Lipinski definition) is 5. The van der Waals surface area contributed by atoms with Gasteiger partial charge >= 0.3 is 0 Å². The molecule has 130 valence electrons. The molecule has 0 unspecified atom stereocenters. The average Bonchev–Trinajstić information content (AvgIpc) is 3.25. The van der Waals surface area contributed by atoms with Crippen molar-refractivity contribution < 1.29 is 4.79 Å². The van der Waals surface area contributed by atoms with E-state index in [1.54, 1.807) is 23.3 Å². The van der Waals surface area contributed by atoms with Crippen molar-refractivity contribution in [2.45, 2.75) is 37.2 Å². The van der Waals surface area contributed by atoms with E-state index in [1.165, 1.54) is 11.8 Å². The molecule has 1 atom stereocenters. The summed E-state index contributed by atoms with van der Waals surface area (Å²) < 4.78 is 3.65. The fraction of sp³-hybridized carbons (Fsp3) is 0.294. The largest absolute Gasteiger partial charge is 0.310 e. The fourth-order valence-corrected chi connectivity index (χ4v) is 3.18. The first-order valence-electron chi connectivity index (χ1n) is 8.02. The minimum absolute atomic E-state index is 0.102. The Morgan fingerprint density at radius 2 is 1.92 bits per heavy atom. The molecular formula is C17H20N6OS. The van der Waals surface area contributed by atoms with Gasteiger partial charge in [0.25, 0.3) is 0 Å². The average molecular weight is 356 g/mol. The van der Waals surface area contributed by atoms with Crippen molar-refractivity contribution >= 4 is 23.5 Å². The van der Waals surface area contributed by atoms with Crippen LogP contribution in [0.1, 0.15) is 26.8 Å². The van der Waals surface area contributed by atoms with Gasteiger partial charge in [-0.2, -0.15) is 5.10 Å². The Morgan fingerprint density at radius 3 is 2.64 bits per heavy atom. The van der Waals surface area contributed by atoms with Gasteiger partial charge in [0.1, 0.15) is 12.1 Å². The zero-order valence-corrected chi connectivity index (χ0v) is 15.1. The molecule has 0 spiro atoms. The molecule has 1 aromatic carbocycles. The Morgan fingerprint density at radius 1 is 1.16 bits per heavy atom. The highest BCUT2D eigenvalue weighted by Crippen LogP contribution is 2.25. The third kappa shape index (κ3) is 3.90. The molecule has 3 rings (SSSR count). The predicted octanol–water partition coefficient (Wildman–Crippen LogP) is 3.16. The van der Waals surface area contributed by atoms with Crippen LogP contribution in [0.5, 0.6) is 0 Å². The summed E-state index contributed by atoms with van der Waals surface area (Å²) in [5.41, 5.74) is 0.959. The van der Waals surface area contributed by atoms with Gasteiger partial charge < -0.3 is 5.32 Å². The number of rotatable bonds is 6. The van der Waals surface area contributed by atoms with Crippen molar-refractivity contribution in [1.29, 1.82) is 0 Å². The first kappa shape index (κ1) is 17.2. The maximum Gasteiger partial charge on any atom is 0.238 e. The number of nitrogens with zero attached hydrogens (tertiary/aromatic N) is 5. The van der Waals surface area contributed by atoms with Gasteiger partial charge in [-0.1, -0.05) is 30.0 Å². The number of carbonyl (C=O) groups excluding carboxylic acids is 1. The van der Waals surface area contributed by atoms with Crippen LogP contribution in [0.3, 0.4) is 0 Å². The number of para-hydroxylation sites is 1. The highest BCUT2D eigenvalue weighted by Gasteiger charge is 2.20. The number of hydrogen-bond donors (Lipinski definition) is 1. The summed E-state index contributed by atoms with van der Waals surface area (Å²) in [5, 5.41) is 15.6. The Bertz CT molecular complexity index is 842. The molecule has 7 nitrogen and oxygen atoms in total. The molecule has 8 heteroatoms. The number of nitrogens with one attached hydrogen (secondary N) is 1. The number of aromatic nitrogens is 5.